The average Bonchev–Trinajstić information content (AvgIpc) is 2.71. The Balaban J connectivity index is 2.35. The summed E-state index contributed by atoms with van der Waals surface area (Å²) in [6.07, 6.45) is 4.02. The lowest BCUT2D eigenvalue weighted by molar-refractivity contribution is 0.1000. The molecular formula is C11H10NOS. The predicted octanol–water partition coefficient (Wildman–Crippen LogP) is 1.99. The molecule has 0 saturated carbocycles. The highest BCUT2D eigenvalue weighted by Crippen LogP contribution is 2.41. The lowest BCUT2D eigenvalue weighted by Gasteiger charge is -2.10. The van der Waals surface area contributed by atoms with E-state index in [9.17, 15) is 4.79 Å². The number of nitrogens with two attached hydrogens (primary N) is 1. The fraction of sp³-hybridized carbons (Fsp3) is 0. The largest absolute Gasteiger partial charge is 0.366 e. The molecule has 0 atom stereocenters. The normalized spacial score (nSPS) is 16.1. The highest BCUT2D eigenvalue weighted by molar-refractivity contribution is 8.22. The van der Waals surface area contributed by atoms with Crippen LogP contribution in [0.2, 0.25) is 0 Å². The zero-order chi connectivity index (χ0) is 9.97. The van der Waals surface area contributed by atoms with Crippen molar-refractivity contribution in [2.45, 2.75) is 4.90 Å². The minimum atomic E-state index is -0.406. The Hall–Kier alpha value is -1.48. The van der Waals surface area contributed by atoms with Crippen LogP contribution in [0.3, 0.4) is 0 Å². The van der Waals surface area contributed by atoms with Gasteiger partial charge in [0.2, 0.25) is 5.91 Å². The van der Waals surface area contributed by atoms with Gasteiger partial charge in [-0.1, -0.05) is 18.2 Å². The van der Waals surface area contributed by atoms with Gasteiger partial charge in [-0.15, -0.1) is 0 Å². The second-order valence-electron chi connectivity index (χ2n) is 2.92. The van der Waals surface area contributed by atoms with E-state index in [0.29, 0.717) is 5.56 Å². The zero-order valence-electron chi connectivity index (χ0n) is 7.47. The second kappa shape index (κ2) is 3.72. The van der Waals surface area contributed by atoms with Crippen LogP contribution in [0, 0.1) is 6.07 Å². The Kier molecular flexibility index (Phi) is 2.41. The molecule has 71 valence electrons. The summed E-state index contributed by atoms with van der Waals surface area (Å²) in [5, 5.41) is 4.23. The van der Waals surface area contributed by atoms with Crippen molar-refractivity contribution < 1.29 is 4.79 Å². The van der Waals surface area contributed by atoms with Gasteiger partial charge in [-0.25, -0.2) is 0 Å². The van der Waals surface area contributed by atoms with E-state index >= 15 is 0 Å². The first kappa shape index (κ1) is 9.09. The molecule has 1 heterocycles. The fourth-order valence-corrected chi connectivity index (χ4v) is 2.75. The van der Waals surface area contributed by atoms with Gasteiger partial charge in [0.1, 0.15) is 0 Å². The van der Waals surface area contributed by atoms with Crippen LogP contribution >= 0.6 is 10.9 Å². The summed E-state index contributed by atoms with van der Waals surface area (Å²) in [6.45, 7) is 0. The van der Waals surface area contributed by atoms with E-state index in [0.717, 1.165) is 4.90 Å². The van der Waals surface area contributed by atoms with Gasteiger partial charge in [0, 0.05) is 10.5 Å². The number of hydrogen-bond donors (Lipinski definition) is 2. The molecule has 2 rings (SSSR count). The monoisotopic (exact) mass is 204 g/mol. The van der Waals surface area contributed by atoms with Crippen LogP contribution < -0.4 is 5.73 Å². The smallest absolute Gasteiger partial charge is 0.248 e. The van der Waals surface area contributed by atoms with E-state index in [1.165, 1.54) is 0 Å². The third-order valence-electron chi connectivity index (χ3n) is 1.95. The van der Waals surface area contributed by atoms with Crippen molar-refractivity contribution >= 4 is 16.8 Å². The number of thiol groups is 1. The van der Waals surface area contributed by atoms with E-state index in [2.05, 4.69) is 16.9 Å². The maximum absolute atomic E-state index is 10.9. The van der Waals surface area contributed by atoms with Gasteiger partial charge in [-0.05, 0) is 29.0 Å². The number of allylic oxidation sites excluding steroid dienone is 2. The van der Waals surface area contributed by atoms with Crippen LogP contribution in [-0.2, 0) is 0 Å². The number of benzene rings is 1. The summed E-state index contributed by atoms with van der Waals surface area (Å²) in [5.74, 6) is -0.387. The van der Waals surface area contributed by atoms with Gasteiger partial charge in [0.25, 0.3) is 0 Å². The van der Waals surface area contributed by atoms with Gasteiger partial charge in [-0.3, -0.25) is 4.79 Å². The van der Waals surface area contributed by atoms with E-state index < -0.39 is 10.9 Å². The van der Waals surface area contributed by atoms with E-state index in [-0.39, 0.29) is 5.91 Å². The third kappa shape index (κ3) is 1.72. The maximum Gasteiger partial charge on any atom is 0.248 e. The molecule has 0 fully saturated rings. The Morgan fingerprint density at radius 3 is 2.71 bits per heavy atom. The maximum atomic E-state index is 10.9. The highest BCUT2D eigenvalue weighted by Gasteiger charge is 2.06. The molecule has 1 radical (unpaired) electrons. The molecule has 1 aliphatic heterocycles. The van der Waals surface area contributed by atoms with Crippen LogP contribution in [0.1, 0.15) is 10.4 Å². The van der Waals surface area contributed by atoms with Crippen molar-refractivity contribution in [3.8, 4) is 0 Å². The molecule has 0 bridgehead atoms. The Labute approximate surface area is 85.5 Å². The van der Waals surface area contributed by atoms with Crippen molar-refractivity contribution in [1.29, 1.82) is 0 Å². The quantitative estimate of drug-likeness (QED) is 0.711. The molecular weight excluding hydrogens is 194 g/mol. The number of hydrogen-bond acceptors (Lipinski definition) is 1. The second-order valence-corrected chi connectivity index (χ2v) is 4.81. The highest BCUT2D eigenvalue weighted by atomic mass is 32.2. The number of amides is 1. The molecule has 1 aromatic rings. The summed E-state index contributed by atoms with van der Waals surface area (Å²) in [6, 6.07) is 8.37. The van der Waals surface area contributed by atoms with Crippen LogP contribution in [0.15, 0.2) is 46.1 Å². The van der Waals surface area contributed by atoms with Crippen LogP contribution in [0.5, 0.6) is 0 Å². The summed E-state index contributed by atoms with van der Waals surface area (Å²) >= 11 is 0. The molecule has 1 aliphatic rings. The molecule has 1 aromatic carbocycles. The number of carbonyl (C=O) groups excluding carboxylic acids is 1. The molecule has 3 heteroatoms. The SMILES string of the molecule is NC(=O)c1cc[c]c([SH]2C=CC=C2)c1. The summed E-state index contributed by atoms with van der Waals surface area (Å²) in [5.41, 5.74) is 5.75. The van der Waals surface area contributed by atoms with Gasteiger partial charge >= 0.3 is 0 Å². The van der Waals surface area contributed by atoms with E-state index in [1.807, 2.05) is 18.2 Å². The molecule has 2 nitrogen and oxygen atoms in total. The summed E-state index contributed by atoms with van der Waals surface area (Å²) < 4.78 is 0. The summed E-state index contributed by atoms with van der Waals surface area (Å²) in [7, 11) is -0.406. The Morgan fingerprint density at radius 1 is 1.36 bits per heavy atom. The lowest BCUT2D eigenvalue weighted by Crippen LogP contribution is -2.10. The molecule has 0 aromatic heterocycles. The first-order chi connectivity index (χ1) is 6.77. The number of carbonyl (C=O) groups is 1. The Morgan fingerprint density at radius 2 is 2.07 bits per heavy atom. The summed E-state index contributed by atoms with van der Waals surface area (Å²) in [4.78, 5) is 12.0. The fourth-order valence-electron chi connectivity index (χ4n) is 1.25. The molecule has 14 heavy (non-hydrogen) atoms. The zero-order valence-corrected chi connectivity index (χ0v) is 8.37. The molecule has 0 saturated heterocycles. The predicted molar refractivity (Wildman–Crippen MR) is 59.3 cm³/mol. The average molecular weight is 204 g/mol. The van der Waals surface area contributed by atoms with Crippen LogP contribution in [-0.4, -0.2) is 5.91 Å². The molecule has 0 spiro atoms. The molecule has 0 aliphatic carbocycles. The molecule has 0 unspecified atom stereocenters. The molecule has 2 N–H and O–H groups in total. The van der Waals surface area contributed by atoms with E-state index in [4.69, 9.17) is 5.73 Å². The Bertz CT molecular complexity index is 411. The van der Waals surface area contributed by atoms with Crippen LogP contribution in [0.25, 0.3) is 0 Å². The van der Waals surface area contributed by atoms with Crippen molar-refractivity contribution in [3.63, 3.8) is 0 Å². The first-order valence-corrected chi connectivity index (χ1v) is 5.70. The van der Waals surface area contributed by atoms with E-state index in [1.54, 1.807) is 12.1 Å². The van der Waals surface area contributed by atoms with Crippen molar-refractivity contribution in [2.24, 2.45) is 5.73 Å². The third-order valence-corrected chi connectivity index (χ3v) is 3.75. The van der Waals surface area contributed by atoms with Gasteiger partial charge in [-0.2, -0.15) is 10.9 Å². The van der Waals surface area contributed by atoms with Crippen molar-refractivity contribution in [3.05, 3.63) is 52.8 Å². The minimum absolute atomic E-state index is 0.387. The number of rotatable bonds is 2. The number of primary amides is 1. The van der Waals surface area contributed by atoms with Gasteiger partial charge in [0.05, 0.1) is 0 Å². The first-order valence-electron chi connectivity index (χ1n) is 4.22. The minimum Gasteiger partial charge on any atom is -0.366 e. The van der Waals surface area contributed by atoms with Gasteiger partial charge in [0.15, 0.2) is 0 Å². The lowest BCUT2D eigenvalue weighted by atomic mass is 10.2. The van der Waals surface area contributed by atoms with Crippen molar-refractivity contribution in [1.82, 2.24) is 0 Å². The standard InChI is InChI=1S/C11H10NOS/c12-11(13)9-4-3-5-10(8-9)14-6-1-2-7-14/h1-4,6-8,14H,(H2,12,13). The van der Waals surface area contributed by atoms with Crippen LogP contribution in [0.4, 0.5) is 0 Å². The topological polar surface area (TPSA) is 43.1 Å². The van der Waals surface area contributed by atoms with Crippen molar-refractivity contribution in [2.75, 3.05) is 0 Å². The van der Waals surface area contributed by atoms with Gasteiger partial charge < -0.3 is 5.73 Å². The molecule has 1 amide bonds.